The van der Waals surface area contributed by atoms with Crippen LogP contribution in [-0.2, 0) is 11.3 Å². The summed E-state index contributed by atoms with van der Waals surface area (Å²) in [5.74, 6) is 2.30. The number of rotatable bonds is 9. The molecule has 6 nitrogen and oxygen atoms in total. The van der Waals surface area contributed by atoms with Gasteiger partial charge in [-0.15, -0.1) is 0 Å². The van der Waals surface area contributed by atoms with E-state index in [4.69, 9.17) is 5.10 Å². The molecule has 3 aliphatic rings. The lowest BCUT2D eigenvalue weighted by Crippen LogP contribution is -2.47. The smallest absolute Gasteiger partial charge is 0.223 e. The maximum atomic E-state index is 13.4. The number of para-hydroxylation sites is 1. The molecule has 1 saturated heterocycles. The topological polar surface area (TPSA) is 44.6 Å². The predicted molar refractivity (Wildman–Crippen MR) is 137 cm³/mol. The molecule has 0 radical (unpaired) electrons. The van der Waals surface area contributed by atoms with E-state index in [0.717, 1.165) is 69.3 Å². The number of amides is 1. The average Bonchev–Trinajstić information content (AvgIpc) is 3.47. The molecule has 3 fully saturated rings. The third-order valence-electron chi connectivity index (χ3n) is 8.15. The van der Waals surface area contributed by atoms with Gasteiger partial charge in [-0.05, 0) is 50.8 Å². The molecule has 2 saturated carbocycles. The number of anilines is 1. The van der Waals surface area contributed by atoms with Crippen LogP contribution in [0.25, 0.3) is 5.69 Å². The van der Waals surface area contributed by atoms with Crippen LogP contribution >= 0.6 is 0 Å². The quantitative estimate of drug-likeness (QED) is 0.537. The van der Waals surface area contributed by atoms with Gasteiger partial charge in [-0.2, -0.15) is 5.10 Å². The summed E-state index contributed by atoms with van der Waals surface area (Å²) in [5, 5.41) is 5.02. The third-order valence-corrected chi connectivity index (χ3v) is 8.15. The van der Waals surface area contributed by atoms with Crippen molar-refractivity contribution < 1.29 is 4.79 Å². The molecule has 0 atom stereocenters. The van der Waals surface area contributed by atoms with Crippen molar-refractivity contribution in [3.05, 3.63) is 41.6 Å². The molecule has 2 aromatic rings. The van der Waals surface area contributed by atoms with E-state index in [1.165, 1.54) is 37.1 Å². The fraction of sp³-hybridized carbons (Fsp3) is 0.643. The molecule has 184 valence electrons. The van der Waals surface area contributed by atoms with E-state index in [1.807, 2.05) is 0 Å². The molecule has 34 heavy (non-hydrogen) atoms. The maximum Gasteiger partial charge on any atom is 0.223 e. The first kappa shape index (κ1) is 23.4. The lowest BCUT2D eigenvalue weighted by atomic mass is 10.0. The van der Waals surface area contributed by atoms with Crippen LogP contribution in [0.3, 0.4) is 0 Å². The number of piperazine rings is 1. The van der Waals surface area contributed by atoms with Crippen LogP contribution < -0.4 is 4.90 Å². The lowest BCUT2D eigenvalue weighted by molar-refractivity contribution is -0.132. The van der Waals surface area contributed by atoms with E-state index in [0.29, 0.717) is 24.9 Å². The Labute approximate surface area is 204 Å². The van der Waals surface area contributed by atoms with Gasteiger partial charge in [0.1, 0.15) is 5.82 Å². The van der Waals surface area contributed by atoms with Gasteiger partial charge in [0, 0.05) is 44.2 Å². The number of benzene rings is 1. The Morgan fingerprint density at radius 3 is 2.38 bits per heavy atom. The summed E-state index contributed by atoms with van der Waals surface area (Å²) in [6, 6.07) is 10.9. The predicted octanol–water partition coefficient (Wildman–Crippen LogP) is 4.78. The molecule has 0 spiro atoms. The van der Waals surface area contributed by atoms with Gasteiger partial charge in [0.05, 0.1) is 17.9 Å². The van der Waals surface area contributed by atoms with Crippen LogP contribution in [-0.4, -0.2) is 64.3 Å². The van der Waals surface area contributed by atoms with Gasteiger partial charge < -0.3 is 14.7 Å². The van der Waals surface area contributed by atoms with Gasteiger partial charge in [0.25, 0.3) is 0 Å². The van der Waals surface area contributed by atoms with Crippen molar-refractivity contribution >= 4 is 11.7 Å². The monoisotopic (exact) mass is 463 g/mol. The van der Waals surface area contributed by atoms with E-state index >= 15 is 0 Å². The number of carbonyl (C=O) groups excluding carboxylic acids is 1. The molecule has 1 aliphatic heterocycles. The number of carbonyl (C=O) groups is 1. The average molecular weight is 464 g/mol. The maximum absolute atomic E-state index is 13.4. The first-order chi connectivity index (χ1) is 16.6. The lowest BCUT2D eigenvalue weighted by Gasteiger charge is -2.36. The molecular formula is C28H41N5O. The molecule has 1 aromatic heterocycles. The molecule has 0 bridgehead atoms. The minimum absolute atomic E-state index is 0.350. The van der Waals surface area contributed by atoms with E-state index in [2.05, 4.69) is 63.6 Å². The Hall–Kier alpha value is -2.34. The SMILES string of the molecule is CCN1CCN(c2c(CN(C(=O)CCC3CCCC3)C3CC3)c(C)nn2-c2ccccc2)CC1. The van der Waals surface area contributed by atoms with Crippen molar-refractivity contribution in [3.63, 3.8) is 0 Å². The number of likely N-dealkylation sites (N-methyl/N-ethyl adjacent to an activating group) is 1. The van der Waals surface area contributed by atoms with Crippen molar-refractivity contribution in [3.8, 4) is 5.69 Å². The van der Waals surface area contributed by atoms with Crippen LogP contribution in [0, 0.1) is 12.8 Å². The summed E-state index contributed by atoms with van der Waals surface area (Å²) in [7, 11) is 0. The summed E-state index contributed by atoms with van der Waals surface area (Å²) >= 11 is 0. The number of aromatic nitrogens is 2. The number of hydrogen-bond acceptors (Lipinski definition) is 4. The van der Waals surface area contributed by atoms with Gasteiger partial charge in [-0.1, -0.05) is 50.8 Å². The Morgan fingerprint density at radius 2 is 1.74 bits per heavy atom. The molecule has 0 unspecified atom stereocenters. The van der Waals surface area contributed by atoms with Crippen LogP contribution in [0.15, 0.2) is 30.3 Å². The Bertz CT molecular complexity index is 953. The highest BCUT2D eigenvalue weighted by Crippen LogP contribution is 2.35. The molecule has 1 amide bonds. The zero-order valence-corrected chi connectivity index (χ0v) is 21.1. The van der Waals surface area contributed by atoms with Crippen molar-refractivity contribution in [1.82, 2.24) is 19.6 Å². The van der Waals surface area contributed by atoms with Gasteiger partial charge in [0.2, 0.25) is 5.91 Å². The number of aryl methyl sites for hydroxylation is 1. The standard InChI is InChI=1S/C28H41N5O/c1-3-30-17-19-31(20-18-30)28-26(22(2)29-33(28)25-11-5-4-6-12-25)21-32(24-14-15-24)27(34)16-13-23-9-7-8-10-23/h4-6,11-12,23-24H,3,7-10,13-21H2,1-2H3. The van der Waals surface area contributed by atoms with Gasteiger partial charge in [-0.3, -0.25) is 4.79 Å². The second-order valence-corrected chi connectivity index (χ2v) is 10.5. The molecule has 6 heteroatoms. The molecule has 0 N–H and O–H groups in total. The van der Waals surface area contributed by atoms with Crippen LogP contribution in [0.1, 0.15) is 69.5 Å². The van der Waals surface area contributed by atoms with Crippen molar-refractivity contribution in [1.29, 1.82) is 0 Å². The van der Waals surface area contributed by atoms with E-state index in [-0.39, 0.29) is 0 Å². The van der Waals surface area contributed by atoms with Gasteiger partial charge >= 0.3 is 0 Å². The van der Waals surface area contributed by atoms with E-state index in [1.54, 1.807) is 0 Å². The first-order valence-corrected chi connectivity index (χ1v) is 13.5. The summed E-state index contributed by atoms with van der Waals surface area (Å²) in [6.07, 6.45) is 9.38. The molecule has 2 heterocycles. The highest BCUT2D eigenvalue weighted by Gasteiger charge is 2.35. The summed E-state index contributed by atoms with van der Waals surface area (Å²) < 4.78 is 2.13. The minimum Gasteiger partial charge on any atom is -0.354 e. The second kappa shape index (κ2) is 10.5. The van der Waals surface area contributed by atoms with Gasteiger partial charge in [0.15, 0.2) is 0 Å². The van der Waals surface area contributed by atoms with E-state index < -0.39 is 0 Å². The van der Waals surface area contributed by atoms with Gasteiger partial charge in [-0.25, -0.2) is 4.68 Å². The largest absolute Gasteiger partial charge is 0.354 e. The van der Waals surface area contributed by atoms with Crippen LogP contribution in [0.2, 0.25) is 0 Å². The van der Waals surface area contributed by atoms with Crippen LogP contribution in [0.5, 0.6) is 0 Å². The molecule has 2 aliphatic carbocycles. The molecule has 5 rings (SSSR count). The minimum atomic E-state index is 0.350. The zero-order valence-electron chi connectivity index (χ0n) is 21.1. The van der Waals surface area contributed by atoms with E-state index in [9.17, 15) is 4.79 Å². The molecule has 1 aromatic carbocycles. The first-order valence-electron chi connectivity index (χ1n) is 13.5. The Morgan fingerprint density at radius 1 is 1.03 bits per heavy atom. The second-order valence-electron chi connectivity index (χ2n) is 10.5. The van der Waals surface area contributed by atoms with Crippen molar-refractivity contribution in [2.24, 2.45) is 5.92 Å². The number of hydrogen-bond donors (Lipinski definition) is 0. The number of nitrogens with zero attached hydrogens (tertiary/aromatic N) is 5. The Balaban J connectivity index is 1.41. The Kier molecular flexibility index (Phi) is 7.23. The normalized spacial score (nSPS) is 19.6. The zero-order chi connectivity index (χ0) is 23.5. The highest BCUT2D eigenvalue weighted by atomic mass is 16.2. The summed E-state index contributed by atoms with van der Waals surface area (Å²) in [5.41, 5.74) is 3.37. The van der Waals surface area contributed by atoms with Crippen molar-refractivity contribution in [2.45, 2.75) is 77.8 Å². The highest BCUT2D eigenvalue weighted by molar-refractivity contribution is 5.77. The fourth-order valence-electron chi connectivity index (χ4n) is 5.83. The third kappa shape index (κ3) is 5.17. The summed E-state index contributed by atoms with van der Waals surface area (Å²) in [6.45, 7) is 10.3. The fourth-order valence-corrected chi connectivity index (χ4v) is 5.83. The van der Waals surface area contributed by atoms with Crippen molar-refractivity contribution in [2.75, 3.05) is 37.6 Å². The van der Waals surface area contributed by atoms with Crippen LogP contribution in [0.4, 0.5) is 5.82 Å². The molecular weight excluding hydrogens is 422 g/mol. The summed E-state index contributed by atoms with van der Waals surface area (Å²) in [4.78, 5) is 20.6.